The third kappa shape index (κ3) is 3.93. The van der Waals surface area contributed by atoms with E-state index in [-0.39, 0.29) is 29.2 Å². The SMILES string of the molecule is CN(C(=O)CSc1nnc(-c2cccs2)o1)[C@H]1CCS(=O)(=O)C1. The second-order valence-electron chi connectivity index (χ2n) is 5.20. The maximum atomic E-state index is 12.2. The quantitative estimate of drug-likeness (QED) is 0.734. The maximum Gasteiger partial charge on any atom is 0.277 e. The Morgan fingerprint density at radius 3 is 3.00 bits per heavy atom. The van der Waals surface area contributed by atoms with E-state index in [1.165, 1.54) is 16.2 Å². The number of amides is 1. The molecule has 1 saturated heterocycles. The highest BCUT2D eigenvalue weighted by molar-refractivity contribution is 7.99. The lowest BCUT2D eigenvalue weighted by Gasteiger charge is -2.22. The number of thioether (sulfide) groups is 1. The van der Waals surface area contributed by atoms with E-state index in [0.29, 0.717) is 17.5 Å². The maximum absolute atomic E-state index is 12.2. The van der Waals surface area contributed by atoms with Crippen molar-refractivity contribution in [3.63, 3.8) is 0 Å². The molecule has 1 atom stereocenters. The standard InChI is InChI=1S/C13H15N3O4S3/c1-16(9-4-6-23(18,19)8-9)11(17)7-22-13-15-14-12(20-13)10-3-2-5-21-10/h2-3,5,9H,4,6-8H2,1H3/t9-/m0/s1. The normalized spacial score (nSPS) is 19.8. The average Bonchev–Trinajstić information content (AvgIpc) is 3.23. The molecular formula is C13H15N3O4S3. The predicted molar refractivity (Wildman–Crippen MR) is 88.2 cm³/mol. The summed E-state index contributed by atoms with van der Waals surface area (Å²) in [7, 11) is -1.37. The van der Waals surface area contributed by atoms with Crippen molar-refractivity contribution >= 4 is 38.8 Å². The molecule has 3 rings (SSSR count). The Morgan fingerprint density at radius 1 is 1.52 bits per heavy atom. The monoisotopic (exact) mass is 373 g/mol. The smallest absolute Gasteiger partial charge is 0.277 e. The molecule has 0 aromatic carbocycles. The Bertz CT molecular complexity index is 785. The molecule has 1 fully saturated rings. The van der Waals surface area contributed by atoms with Gasteiger partial charge in [-0.25, -0.2) is 8.42 Å². The Hall–Kier alpha value is -1.39. The van der Waals surface area contributed by atoms with Crippen molar-refractivity contribution in [2.24, 2.45) is 0 Å². The van der Waals surface area contributed by atoms with Gasteiger partial charge in [-0.2, -0.15) is 0 Å². The van der Waals surface area contributed by atoms with Gasteiger partial charge >= 0.3 is 0 Å². The van der Waals surface area contributed by atoms with E-state index in [9.17, 15) is 13.2 Å². The largest absolute Gasteiger partial charge is 0.410 e. The van der Waals surface area contributed by atoms with Crippen LogP contribution in [0.5, 0.6) is 0 Å². The second kappa shape index (κ2) is 6.62. The molecule has 7 nitrogen and oxygen atoms in total. The van der Waals surface area contributed by atoms with E-state index in [4.69, 9.17) is 4.42 Å². The lowest BCUT2D eigenvalue weighted by Crippen LogP contribution is -2.38. The predicted octanol–water partition coefficient (Wildman–Crippen LogP) is 1.54. The summed E-state index contributed by atoms with van der Waals surface area (Å²) in [6.45, 7) is 0. The first kappa shape index (κ1) is 16.5. The fourth-order valence-electron chi connectivity index (χ4n) is 2.28. The molecule has 0 saturated carbocycles. The number of rotatable bonds is 5. The molecule has 124 valence electrons. The van der Waals surface area contributed by atoms with Gasteiger partial charge in [-0.05, 0) is 17.9 Å². The lowest BCUT2D eigenvalue weighted by atomic mass is 10.2. The molecule has 0 bridgehead atoms. The second-order valence-corrected chi connectivity index (χ2v) is 9.30. The van der Waals surface area contributed by atoms with Crippen LogP contribution >= 0.6 is 23.1 Å². The Labute approximate surface area is 142 Å². The molecule has 10 heteroatoms. The highest BCUT2D eigenvalue weighted by Crippen LogP contribution is 2.27. The number of aromatic nitrogens is 2. The molecule has 23 heavy (non-hydrogen) atoms. The van der Waals surface area contributed by atoms with E-state index >= 15 is 0 Å². The summed E-state index contributed by atoms with van der Waals surface area (Å²) in [5, 5.41) is 10.1. The number of hydrogen-bond acceptors (Lipinski definition) is 8. The Kier molecular flexibility index (Phi) is 4.74. The van der Waals surface area contributed by atoms with Crippen molar-refractivity contribution < 1.29 is 17.6 Å². The number of hydrogen-bond donors (Lipinski definition) is 0. The van der Waals surface area contributed by atoms with E-state index in [1.807, 2.05) is 17.5 Å². The first-order valence-corrected chi connectivity index (χ1v) is 10.6. The Morgan fingerprint density at radius 2 is 2.35 bits per heavy atom. The van der Waals surface area contributed by atoms with Crippen molar-refractivity contribution in [1.82, 2.24) is 15.1 Å². The molecule has 1 aliphatic heterocycles. The van der Waals surface area contributed by atoms with Crippen molar-refractivity contribution in [3.05, 3.63) is 17.5 Å². The van der Waals surface area contributed by atoms with Crippen LogP contribution in [0.2, 0.25) is 0 Å². The molecule has 1 aliphatic rings. The lowest BCUT2D eigenvalue weighted by molar-refractivity contribution is -0.128. The zero-order valence-corrected chi connectivity index (χ0v) is 14.8. The molecule has 2 aromatic heterocycles. The van der Waals surface area contributed by atoms with Gasteiger partial charge in [0.1, 0.15) is 0 Å². The van der Waals surface area contributed by atoms with Crippen LogP contribution in [0, 0.1) is 0 Å². The molecular weight excluding hydrogens is 358 g/mol. The van der Waals surface area contributed by atoms with E-state index in [2.05, 4.69) is 10.2 Å². The van der Waals surface area contributed by atoms with Gasteiger partial charge < -0.3 is 9.32 Å². The minimum Gasteiger partial charge on any atom is -0.410 e. The summed E-state index contributed by atoms with van der Waals surface area (Å²) >= 11 is 2.66. The zero-order chi connectivity index (χ0) is 16.4. The van der Waals surface area contributed by atoms with Crippen molar-refractivity contribution in [1.29, 1.82) is 0 Å². The van der Waals surface area contributed by atoms with Crippen LogP contribution in [0.15, 0.2) is 27.2 Å². The van der Waals surface area contributed by atoms with Crippen LogP contribution < -0.4 is 0 Å². The summed E-state index contributed by atoms with van der Waals surface area (Å²) in [4.78, 5) is 14.6. The molecule has 2 aromatic rings. The van der Waals surface area contributed by atoms with Gasteiger partial charge in [-0.1, -0.05) is 17.8 Å². The third-order valence-electron chi connectivity index (χ3n) is 3.61. The summed E-state index contributed by atoms with van der Waals surface area (Å²) in [6.07, 6.45) is 0.498. The van der Waals surface area contributed by atoms with E-state index in [1.54, 1.807) is 7.05 Å². The minimum atomic E-state index is -3.00. The fraction of sp³-hybridized carbons (Fsp3) is 0.462. The number of sulfone groups is 1. The summed E-state index contributed by atoms with van der Waals surface area (Å²) in [5.41, 5.74) is 0. The van der Waals surface area contributed by atoms with Gasteiger partial charge in [0.25, 0.3) is 11.1 Å². The van der Waals surface area contributed by atoms with E-state index < -0.39 is 9.84 Å². The molecule has 0 radical (unpaired) electrons. The molecule has 0 aliphatic carbocycles. The summed E-state index contributed by atoms with van der Waals surface area (Å²) in [5.74, 6) is 0.622. The van der Waals surface area contributed by atoms with Crippen molar-refractivity contribution in [2.45, 2.75) is 17.7 Å². The molecule has 0 spiro atoms. The van der Waals surface area contributed by atoms with Crippen molar-refractivity contribution in [2.75, 3.05) is 24.3 Å². The van der Waals surface area contributed by atoms with Gasteiger partial charge in [-0.15, -0.1) is 21.5 Å². The molecule has 1 amide bonds. The molecule has 0 N–H and O–H groups in total. The first-order chi connectivity index (χ1) is 10.9. The van der Waals surface area contributed by atoms with Crippen LogP contribution in [0.25, 0.3) is 10.8 Å². The minimum absolute atomic E-state index is 0.0446. The molecule has 0 unspecified atom stereocenters. The number of carbonyl (C=O) groups is 1. The average molecular weight is 373 g/mol. The third-order valence-corrected chi connectivity index (χ3v) is 7.02. The zero-order valence-electron chi connectivity index (χ0n) is 12.3. The van der Waals surface area contributed by atoms with Gasteiger partial charge in [0.05, 0.1) is 22.1 Å². The summed E-state index contributed by atoms with van der Waals surface area (Å²) < 4.78 is 28.5. The number of thiophene rings is 1. The van der Waals surface area contributed by atoms with Crippen molar-refractivity contribution in [3.8, 4) is 10.8 Å². The topological polar surface area (TPSA) is 93.4 Å². The molecule has 3 heterocycles. The van der Waals surface area contributed by atoms with Gasteiger partial charge in [0.2, 0.25) is 5.91 Å². The van der Waals surface area contributed by atoms with Gasteiger partial charge in [0, 0.05) is 13.1 Å². The van der Waals surface area contributed by atoms with Gasteiger partial charge in [0.15, 0.2) is 9.84 Å². The highest BCUT2D eigenvalue weighted by Gasteiger charge is 2.32. The summed E-state index contributed by atoms with van der Waals surface area (Å²) in [6, 6.07) is 3.54. The Balaban J connectivity index is 1.55. The number of carbonyl (C=O) groups excluding carboxylic acids is 1. The van der Waals surface area contributed by atoms with Crippen LogP contribution in [-0.2, 0) is 14.6 Å². The van der Waals surface area contributed by atoms with Crippen LogP contribution in [0.4, 0.5) is 0 Å². The van der Waals surface area contributed by atoms with E-state index in [0.717, 1.165) is 16.6 Å². The first-order valence-electron chi connectivity index (χ1n) is 6.91. The fourth-order valence-corrected chi connectivity index (χ4v) is 5.38. The van der Waals surface area contributed by atoms with Crippen LogP contribution in [0.1, 0.15) is 6.42 Å². The number of nitrogens with zero attached hydrogens (tertiary/aromatic N) is 3. The van der Waals surface area contributed by atoms with Crippen LogP contribution in [-0.4, -0.2) is 59.8 Å². The van der Waals surface area contributed by atoms with Gasteiger partial charge in [-0.3, -0.25) is 4.79 Å². The van der Waals surface area contributed by atoms with Crippen LogP contribution in [0.3, 0.4) is 0 Å². The highest BCUT2D eigenvalue weighted by atomic mass is 32.2.